The van der Waals surface area contributed by atoms with Crippen LogP contribution in [0.15, 0.2) is 77.8 Å². The minimum absolute atomic E-state index is 0. The van der Waals surface area contributed by atoms with Gasteiger partial charge >= 0.3 is 12.1 Å². The molecule has 0 atom stereocenters. The number of ketones is 1. The van der Waals surface area contributed by atoms with Crippen LogP contribution < -0.4 is 16.2 Å². The minimum Gasteiger partial charge on any atom is -0.423 e. The van der Waals surface area contributed by atoms with E-state index in [-0.39, 0.29) is 30.3 Å². The number of hydrogen-bond acceptors (Lipinski definition) is 6. The van der Waals surface area contributed by atoms with Gasteiger partial charge in [0.25, 0.3) is 0 Å². The van der Waals surface area contributed by atoms with Crippen molar-refractivity contribution in [1.29, 1.82) is 0 Å². The summed E-state index contributed by atoms with van der Waals surface area (Å²) in [6.45, 7) is 2.01. The number of Topliss-reactive ketones (excluding diaryl/α,β-unsaturated/α-hetero) is 1. The van der Waals surface area contributed by atoms with Gasteiger partial charge in [-0.1, -0.05) is 29.8 Å². The first-order valence-electron chi connectivity index (χ1n) is 10.4. The fraction of sp³-hybridized carbons (Fsp3) is 0.0769. The third kappa shape index (κ3) is 7.39. The molecule has 0 aliphatic heterocycles. The molecule has 1 aromatic heterocycles. The van der Waals surface area contributed by atoms with Gasteiger partial charge in [0.1, 0.15) is 5.75 Å². The van der Waals surface area contributed by atoms with E-state index < -0.39 is 5.97 Å². The number of benzene rings is 3. The molecule has 0 radical (unpaired) electrons. The summed E-state index contributed by atoms with van der Waals surface area (Å²) in [6, 6.07) is 21.3. The predicted molar refractivity (Wildman–Crippen MR) is 137 cm³/mol. The van der Waals surface area contributed by atoms with Crippen molar-refractivity contribution in [2.24, 2.45) is 16.5 Å². The van der Waals surface area contributed by atoms with E-state index in [0.717, 1.165) is 16.5 Å². The normalized spacial score (nSPS) is 9.69. The molecule has 0 spiro atoms. The molecule has 0 bridgehead atoms. The number of fused-ring (bicyclic) bond motifs is 1. The highest BCUT2D eigenvalue weighted by atomic mass is 35.5. The Hall–Kier alpha value is -4.72. The number of nitrogens with one attached hydrogen (secondary N) is 1. The summed E-state index contributed by atoms with van der Waals surface area (Å²) >= 11 is 0. The number of aliphatic imine (C=N–C) groups is 1. The third-order valence-corrected chi connectivity index (χ3v) is 4.95. The lowest BCUT2D eigenvalue weighted by atomic mass is 10.1. The molecule has 5 N–H and O–H groups in total. The number of nitrogens with two attached hydrogens (primary N) is 2. The van der Waals surface area contributed by atoms with Crippen molar-refractivity contribution >= 4 is 52.9 Å². The smallest absolute Gasteiger partial charge is 0.373 e. The van der Waals surface area contributed by atoms with Crippen LogP contribution in [-0.2, 0) is 16.0 Å². The van der Waals surface area contributed by atoms with Gasteiger partial charge in [0.05, 0.1) is 16.9 Å². The molecule has 10 heteroatoms. The fourth-order valence-electron chi connectivity index (χ4n) is 3.29. The minimum atomic E-state index is -0.511. The first kappa shape index (κ1) is 27.5. The second-order valence-corrected chi connectivity index (χ2v) is 7.57. The molecule has 9 nitrogen and oxygen atoms in total. The van der Waals surface area contributed by atoms with Gasteiger partial charge in [-0.3, -0.25) is 4.79 Å². The van der Waals surface area contributed by atoms with Gasteiger partial charge < -0.3 is 21.2 Å². The van der Waals surface area contributed by atoms with Gasteiger partial charge in [-0.15, -0.1) is 12.4 Å². The van der Waals surface area contributed by atoms with E-state index in [4.69, 9.17) is 25.8 Å². The zero-order chi connectivity index (χ0) is 25.4. The molecule has 36 heavy (non-hydrogen) atoms. The van der Waals surface area contributed by atoms with E-state index in [0.29, 0.717) is 34.6 Å². The van der Waals surface area contributed by atoms with Crippen molar-refractivity contribution in [2.45, 2.75) is 13.3 Å². The Bertz CT molecular complexity index is 1420. The lowest BCUT2D eigenvalue weighted by Gasteiger charge is -2.05. The van der Waals surface area contributed by atoms with E-state index in [9.17, 15) is 9.59 Å². The summed E-state index contributed by atoms with van der Waals surface area (Å²) in [6.07, 6.45) is 0.560. The fourth-order valence-corrected chi connectivity index (χ4v) is 3.29. The van der Waals surface area contributed by atoms with Gasteiger partial charge in [0.15, 0.2) is 11.7 Å². The van der Waals surface area contributed by atoms with Crippen LogP contribution in [0, 0.1) is 6.92 Å². The summed E-state index contributed by atoms with van der Waals surface area (Å²) in [7, 11) is 0. The number of aryl methyl sites for hydroxylation is 1. The third-order valence-electron chi connectivity index (χ3n) is 4.95. The number of nitrogens with zero attached hydrogens (tertiary/aromatic N) is 1. The van der Waals surface area contributed by atoms with Crippen LogP contribution in [0.4, 0.5) is 5.69 Å². The first-order valence-corrected chi connectivity index (χ1v) is 10.4. The second-order valence-electron chi connectivity index (χ2n) is 7.57. The number of esters is 1. The van der Waals surface area contributed by atoms with E-state index in [1.165, 1.54) is 0 Å². The number of carbonyl (C=O) groups is 2. The average Bonchev–Trinajstić information content (AvgIpc) is 3.25. The van der Waals surface area contributed by atoms with Gasteiger partial charge in [-0.2, -0.15) is 9.59 Å². The van der Waals surface area contributed by atoms with Gasteiger partial charge in [-0.05, 0) is 55.0 Å². The topological polar surface area (TPSA) is 158 Å². The lowest BCUT2D eigenvalue weighted by molar-refractivity contribution is -0.191. The monoisotopic (exact) mass is 506 g/mol. The van der Waals surface area contributed by atoms with E-state index >= 15 is 0 Å². The van der Waals surface area contributed by atoms with Crippen molar-refractivity contribution in [3.63, 3.8) is 0 Å². The molecular formula is C26H23ClN4O5. The van der Waals surface area contributed by atoms with Crippen molar-refractivity contribution in [3.8, 4) is 5.75 Å². The second kappa shape index (κ2) is 12.7. The Balaban J connectivity index is 0.00000109. The molecule has 3 aromatic carbocycles. The Morgan fingerprint density at radius 1 is 0.944 bits per heavy atom. The molecule has 0 aliphatic carbocycles. The molecule has 4 rings (SSSR count). The number of aromatic amines is 1. The zero-order valence-corrected chi connectivity index (χ0v) is 20.0. The lowest BCUT2D eigenvalue weighted by Crippen LogP contribution is -2.21. The molecule has 0 aliphatic rings. The number of carbonyl (C=O) groups excluding carboxylic acids is 4. The van der Waals surface area contributed by atoms with Crippen LogP contribution in [0.3, 0.4) is 0 Å². The van der Waals surface area contributed by atoms with E-state index in [1.54, 1.807) is 48.5 Å². The molecule has 184 valence electrons. The molecule has 0 saturated carbocycles. The van der Waals surface area contributed by atoms with Crippen LogP contribution in [0.2, 0.25) is 0 Å². The van der Waals surface area contributed by atoms with Gasteiger partial charge in [0.2, 0.25) is 0 Å². The number of aromatic nitrogens is 1. The number of ether oxygens (including phenoxy) is 1. The summed E-state index contributed by atoms with van der Waals surface area (Å²) in [4.78, 5) is 48.4. The zero-order valence-electron chi connectivity index (χ0n) is 19.2. The van der Waals surface area contributed by atoms with Crippen LogP contribution in [0.25, 0.3) is 10.9 Å². The highest BCUT2D eigenvalue weighted by Gasteiger charge is 2.13. The molecule has 0 unspecified atom stereocenters. The van der Waals surface area contributed by atoms with Crippen LogP contribution in [0.5, 0.6) is 5.75 Å². The molecule has 0 saturated heterocycles. The van der Waals surface area contributed by atoms with E-state index in [1.807, 2.05) is 31.2 Å². The number of halogens is 1. The average molecular weight is 507 g/mol. The van der Waals surface area contributed by atoms with Crippen molar-refractivity contribution in [2.75, 3.05) is 0 Å². The largest absolute Gasteiger partial charge is 0.423 e. The summed E-state index contributed by atoms with van der Waals surface area (Å²) < 4.78 is 5.48. The maximum absolute atomic E-state index is 12.7. The van der Waals surface area contributed by atoms with Crippen LogP contribution >= 0.6 is 12.4 Å². The van der Waals surface area contributed by atoms with Gasteiger partial charge in [-0.25, -0.2) is 9.79 Å². The SMILES string of the molecule is Cc1ccc(CC(=O)c2cc3ccc(OC(=O)c4ccc(N=C(N)N)cc4)cc3[nH]2)cc1.Cl.O=C=O. The number of H-pyrrole nitrogens is 1. The van der Waals surface area contributed by atoms with Crippen molar-refractivity contribution in [1.82, 2.24) is 4.98 Å². The molecule has 4 aromatic rings. The van der Waals surface area contributed by atoms with Crippen molar-refractivity contribution < 1.29 is 23.9 Å². The molecular weight excluding hydrogens is 484 g/mol. The quantitative estimate of drug-likeness (QED) is 0.118. The molecule has 1 heterocycles. The Morgan fingerprint density at radius 2 is 1.58 bits per heavy atom. The Morgan fingerprint density at radius 3 is 2.19 bits per heavy atom. The summed E-state index contributed by atoms with van der Waals surface area (Å²) in [5.74, 6) is -0.209. The number of hydrogen-bond donors (Lipinski definition) is 3. The standard InChI is InChI=1S/C25H22N4O3.CO2.ClH/c1-15-2-4-16(5-3-15)12-23(30)22-13-18-8-11-20(14-21(18)29-22)32-24(31)17-6-9-19(10-7-17)28-25(26)27;2-1-3;/h2-11,13-14,29H,12H2,1H3,(H4,26,27,28);;1H. The number of guanidine groups is 1. The van der Waals surface area contributed by atoms with Crippen molar-refractivity contribution in [3.05, 3.63) is 95.2 Å². The Kier molecular flexibility index (Phi) is 9.68. The highest BCUT2D eigenvalue weighted by Crippen LogP contribution is 2.23. The maximum atomic E-state index is 12.7. The van der Waals surface area contributed by atoms with Crippen LogP contribution in [0.1, 0.15) is 32.0 Å². The van der Waals surface area contributed by atoms with E-state index in [2.05, 4.69) is 9.98 Å². The maximum Gasteiger partial charge on any atom is 0.373 e. The molecule has 0 fully saturated rings. The predicted octanol–water partition coefficient (Wildman–Crippen LogP) is 3.86. The Labute approximate surface area is 212 Å². The summed E-state index contributed by atoms with van der Waals surface area (Å²) in [5.41, 5.74) is 14.9. The molecule has 0 amide bonds. The first-order chi connectivity index (χ1) is 16.8. The van der Waals surface area contributed by atoms with Gasteiger partial charge in [0, 0.05) is 23.4 Å². The highest BCUT2D eigenvalue weighted by molar-refractivity contribution is 6.01. The van der Waals surface area contributed by atoms with Crippen LogP contribution in [-0.4, -0.2) is 28.8 Å². The number of rotatable bonds is 6. The summed E-state index contributed by atoms with van der Waals surface area (Å²) in [5, 5.41) is 0.860.